The minimum Gasteiger partial charge on any atom is -0.368 e. The lowest BCUT2D eigenvalue weighted by Gasteiger charge is -2.37. The van der Waals surface area contributed by atoms with Gasteiger partial charge in [0.15, 0.2) is 0 Å². The van der Waals surface area contributed by atoms with Crippen LogP contribution in [0.25, 0.3) is 0 Å². The van der Waals surface area contributed by atoms with E-state index in [1.807, 2.05) is 18.2 Å². The predicted molar refractivity (Wildman–Crippen MR) is 109 cm³/mol. The topological polar surface area (TPSA) is 35.5 Å². The van der Waals surface area contributed by atoms with Gasteiger partial charge in [-0.3, -0.25) is 0 Å². The zero-order chi connectivity index (χ0) is 17.8. The lowest BCUT2D eigenvalue weighted by atomic mass is 10.2. The molecule has 0 spiro atoms. The van der Waals surface area contributed by atoms with Crippen LogP contribution in [0.15, 0.2) is 36.7 Å². The van der Waals surface area contributed by atoms with E-state index in [-0.39, 0.29) is 0 Å². The third-order valence-electron chi connectivity index (χ3n) is 5.35. The highest BCUT2D eigenvalue weighted by Crippen LogP contribution is 2.24. The second-order valence-corrected chi connectivity index (χ2v) is 7.53. The number of piperazine rings is 1. The van der Waals surface area contributed by atoms with Crippen LogP contribution in [0.1, 0.15) is 25.7 Å². The number of benzene rings is 1. The van der Waals surface area contributed by atoms with Gasteiger partial charge in [-0.2, -0.15) is 0 Å². The van der Waals surface area contributed by atoms with Crippen LogP contribution < -0.4 is 14.7 Å². The number of nitrogens with zero attached hydrogens (tertiary/aromatic N) is 5. The molecule has 0 N–H and O–H groups in total. The van der Waals surface area contributed by atoms with E-state index in [9.17, 15) is 0 Å². The highest BCUT2D eigenvalue weighted by Gasteiger charge is 2.20. The van der Waals surface area contributed by atoms with Crippen LogP contribution in [0.5, 0.6) is 0 Å². The Balaban J connectivity index is 1.42. The Hall–Kier alpha value is -2.01. The Bertz CT molecular complexity index is 722. The molecule has 26 heavy (non-hydrogen) atoms. The van der Waals surface area contributed by atoms with Crippen molar-refractivity contribution in [2.24, 2.45) is 0 Å². The highest BCUT2D eigenvalue weighted by atomic mass is 35.5. The predicted octanol–water partition coefficient (Wildman–Crippen LogP) is 3.84. The number of aromatic nitrogens is 2. The Kier molecular flexibility index (Phi) is 5.44. The molecule has 0 amide bonds. The first-order valence-electron chi connectivity index (χ1n) is 9.62. The van der Waals surface area contributed by atoms with Gasteiger partial charge < -0.3 is 14.7 Å². The molecule has 1 aromatic carbocycles. The van der Waals surface area contributed by atoms with E-state index >= 15 is 0 Å². The van der Waals surface area contributed by atoms with Gasteiger partial charge in [0, 0.05) is 56.0 Å². The normalized spacial score (nSPS) is 18.7. The van der Waals surface area contributed by atoms with Gasteiger partial charge in [-0.25, -0.2) is 9.97 Å². The van der Waals surface area contributed by atoms with Gasteiger partial charge >= 0.3 is 0 Å². The van der Waals surface area contributed by atoms with E-state index < -0.39 is 0 Å². The average molecular weight is 372 g/mol. The number of anilines is 3. The van der Waals surface area contributed by atoms with Gasteiger partial charge in [-0.05, 0) is 31.0 Å². The van der Waals surface area contributed by atoms with Crippen molar-refractivity contribution in [3.8, 4) is 0 Å². The van der Waals surface area contributed by atoms with Crippen LogP contribution in [0.3, 0.4) is 0 Å². The number of hydrogen-bond donors (Lipinski definition) is 0. The molecule has 2 aliphatic heterocycles. The fraction of sp³-hybridized carbons (Fsp3) is 0.500. The van der Waals surface area contributed by atoms with E-state index in [0.717, 1.165) is 55.9 Å². The van der Waals surface area contributed by atoms with Crippen LogP contribution >= 0.6 is 11.6 Å². The van der Waals surface area contributed by atoms with Gasteiger partial charge in [0.05, 0.1) is 0 Å². The Labute approximate surface area is 160 Å². The SMILES string of the molecule is Clc1cccc(N2CCN(c3cc(N4CCCCCC4)ncn3)CC2)c1. The first kappa shape index (κ1) is 17.4. The maximum absolute atomic E-state index is 6.13. The summed E-state index contributed by atoms with van der Waals surface area (Å²) in [4.78, 5) is 16.2. The van der Waals surface area contributed by atoms with Gasteiger partial charge in [0.1, 0.15) is 18.0 Å². The summed E-state index contributed by atoms with van der Waals surface area (Å²) < 4.78 is 0. The van der Waals surface area contributed by atoms with E-state index in [1.165, 1.54) is 31.4 Å². The molecule has 4 rings (SSSR count). The first-order valence-corrected chi connectivity index (χ1v) is 10.00. The van der Waals surface area contributed by atoms with Gasteiger partial charge in [-0.15, -0.1) is 0 Å². The summed E-state index contributed by atoms with van der Waals surface area (Å²) in [5, 5.41) is 0.794. The fourth-order valence-corrected chi connectivity index (χ4v) is 4.03. The maximum Gasteiger partial charge on any atom is 0.134 e. The van der Waals surface area contributed by atoms with Crippen LogP contribution in [-0.2, 0) is 0 Å². The van der Waals surface area contributed by atoms with Crippen molar-refractivity contribution >= 4 is 28.9 Å². The molecule has 6 heteroatoms. The Morgan fingerprint density at radius 1 is 0.692 bits per heavy atom. The minimum atomic E-state index is 0.794. The lowest BCUT2D eigenvalue weighted by Crippen LogP contribution is -2.46. The molecule has 3 heterocycles. The standard InChI is InChI=1S/C20H26ClN5/c21-17-6-5-7-18(14-17)24-10-12-26(13-11-24)20-15-19(22-16-23-20)25-8-3-1-2-4-9-25/h5-7,14-16H,1-4,8-13H2. The van der Waals surface area contributed by atoms with Crippen molar-refractivity contribution < 1.29 is 0 Å². The largest absolute Gasteiger partial charge is 0.368 e. The molecule has 138 valence electrons. The second-order valence-electron chi connectivity index (χ2n) is 7.09. The minimum absolute atomic E-state index is 0.794. The molecule has 2 aromatic rings. The molecule has 2 aliphatic rings. The molecule has 2 saturated heterocycles. The molecule has 0 aliphatic carbocycles. The summed E-state index contributed by atoms with van der Waals surface area (Å²) in [6.07, 6.45) is 6.91. The third kappa shape index (κ3) is 4.04. The maximum atomic E-state index is 6.13. The summed E-state index contributed by atoms with van der Waals surface area (Å²) in [6.45, 7) is 6.09. The number of hydrogen-bond acceptors (Lipinski definition) is 5. The molecule has 0 atom stereocenters. The van der Waals surface area contributed by atoms with Crippen LogP contribution in [0.2, 0.25) is 5.02 Å². The molecule has 0 bridgehead atoms. The van der Waals surface area contributed by atoms with Crippen LogP contribution in [0.4, 0.5) is 17.3 Å². The van der Waals surface area contributed by atoms with Crippen molar-refractivity contribution in [2.45, 2.75) is 25.7 Å². The smallest absolute Gasteiger partial charge is 0.134 e. The molecule has 0 saturated carbocycles. The Morgan fingerprint density at radius 2 is 1.31 bits per heavy atom. The lowest BCUT2D eigenvalue weighted by molar-refractivity contribution is 0.646. The molecule has 2 fully saturated rings. The summed E-state index contributed by atoms with van der Waals surface area (Å²) in [6, 6.07) is 10.3. The zero-order valence-corrected chi connectivity index (χ0v) is 15.9. The fourth-order valence-electron chi connectivity index (χ4n) is 3.85. The molecular formula is C20H26ClN5. The van der Waals surface area contributed by atoms with Crippen molar-refractivity contribution in [2.75, 3.05) is 54.0 Å². The number of rotatable bonds is 3. The van der Waals surface area contributed by atoms with Gasteiger partial charge in [0.2, 0.25) is 0 Å². The highest BCUT2D eigenvalue weighted by molar-refractivity contribution is 6.30. The van der Waals surface area contributed by atoms with Crippen molar-refractivity contribution in [3.63, 3.8) is 0 Å². The molecule has 0 unspecified atom stereocenters. The summed E-state index contributed by atoms with van der Waals surface area (Å²) in [7, 11) is 0. The van der Waals surface area contributed by atoms with Crippen molar-refractivity contribution in [3.05, 3.63) is 41.7 Å². The van der Waals surface area contributed by atoms with Gasteiger partial charge in [-0.1, -0.05) is 30.5 Å². The zero-order valence-electron chi connectivity index (χ0n) is 15.1. The second kappa shape index (κ2) is 8.12. The molecule has 0 radical (unpaired) electrons. The molecular weight excluding hydrogens is 346 g/mol. The van der Waals surface area contributed by atoms with Crippen LogP contribution in [-0.4, -0.2) is 49.2 Å². The van der Waals surface area contributed by atoms with E-state index in [0.29, 0.717) is 0 Å². The van der Waals surface area contributed by atoms with Crippen molar-refractivity contribution in [1.82, 2.24) is 9.97 Å². The van der Waals surface area contributed by atoms with Crippen LogP contribution in [0, 0.1) is 0 Å². The monoisotopic (exact) mass is 371 g/mol. The van der Waals surface area contributed by atoms with E-state index in [1.54, 1.807) is 6.33 Å². The summed E-state index contributed by atoms with van der Waals surface area (Å²) in [5.41, 5.74) is 1.20. The summed E-state index contributed by atoms with van der Waals surface area (Å²) >= 11 is 6.13. The number of halogens is 1. The quantitative estimate of drug-likeness (QED) is 0.819. The Morgan fingerprint density at radius 3 is 1.96 bits per heavy atom. The molecule has 1 aromatic heterocycles. The van der Waals surface area contributed by atoms with Crippen molar-refractivity contribution in [1.29, 1.82) is 0 Å². The van der Waals surface area contributed by atoms with Gasteiger partial charge in [0.25, 0.3) is 0 Å². The third-order valence-corrected chi connectivity index (χ3v) is 5.58. The molecule has 5 nitrogen and oxygen atoms in total. The summed E-state index contributed by atoms with van der Waals surface area (Å²) in [5.74, 6) is 2.12. The van der Waals surface area contributed by atoms with E-state index in [2.05, 4.69) is 36.8 Å². The van der Waals surface area contributed by atoms with E-state index in [4.69, 9.17) is 11.6 Å². The first-order chi connectivity index (χ1) is 12.8. The average Bonchev–Trinajstić information content (AvgIpc) is 2.98.